The van der Waals surface area contributed by atoms with Gasteiger partial charge < -0.3 is 14.0 Å². The summed E-state index contributed by atoms with van der Waals surface area (Å²) in [4.78, 5) is 1.42. The van der Waals surface area contributed by atoms with E-state index in [1.165, 1.54) is 4.90 Å². The molecule has 1 unspecified atom stereocenters. The molecule has 4 nitrogen and oxygen atoms in total. The van der Waals surface area contributed by atoms with Gasteiger partial charge in [0.25, 0.3) is 0 Å². The lowest BCUT2D eigenvalue weighted by Crippen LogP contribution is -2.52. The first kappa shape index (κ1) is 19.7. The van der Waals surface area contributed by atoms with Crippen LogP contribution in [0.1, 0.15) is 33.3 Å². The smallest absolute Gasteiger partial charge is 0.399 e. The Hall–Kier alpha value is -1.09. The molecule has 1 atom stereocenters. The van der Waals surface area contributed by atoms with Gasteiger partial charge in [0, 0.05) is 13.1 Å². The first-order valence-electron chi connectivity index (χ1n) is 8.83. The van der Waals surface area contributed by atoms with Gasteiger partial charge in [0.15, 0.2) is 0 Å². The van der Waals surface area contributed by atoms with Crippen molar-refractivity contribution in [1.29, 1.82) is 0 Å². The van der Waals surface area contributed by atoms with Crippen molar-refractivity contribution in [2.24, 2.45) is 0 Å². The molecule has 0 aromatic heterocycles. The van der Waals surface area contributed by atoms with Crippen LogP contribution in [0, 0.1) is 0 Å². The van der Waals surface area contributed by atoms with E-state index < -0.39 is 30.5 Å². The van der Waals surface area contributed by atoms with Gasteiger partial charge in [-0.25, -0.2) is 0 Å². The largest absolute Gasteiger partial charge is 0.494 e. The van der Waals surface area contributed by atoms with Crippen molar-refractivity contribution in [2.45, 2.75) is 57.7 Å². The minimum Gasteiger partial charge on any atom is -0.399 e. The minimum absolute atomic E-state index is 0.233. The van der Waals surface area contributed by atoms with E-state index >= 15 is 0 Å². The number of hydrogen-bond donors (Lipinski definition) is 0. The number of halogens is 3. The highest BCUT2D eigenvalue weighted by Crippen LogP contribution is 2.36. The van der Waals surface area contributed by atoms with Gasteiger partial charge in [-0.15, -0.1) is 0 Å². The lowest BCUT2D eigenvalue weighted by atomic mass is 9.79. The quantitative estimate of drug-likeness (QED) is 0.765. The molecule has 0 saturated carbocycles. The molecule has 2 heterocycles. The lowest BCUT2D eigenvalue weighted by Gasteiger charge is -2.36. The van der Waals surface area contributed by atoms with Crippen LogP contribution in [-0.4, -0.2) is 55.2 Å². The standard InChI is InChI=1S/C18H25BF3NO3/c1-16(2)17(3,4)26-19(25-16)14-7-5-13(6-8-14)11-23-9-10-24-12-15(23)18(20,21)22/h5-8,15H,9-12H2,1-4H3. The van der Waals surface area contributed by atoms with Gasteiger partial charge >= 0.3 is 13.3 Å². The lowest BCUT2D eigenvalue weighted by molar-refractivity contribution is -0.213. The van der Waals surface area contributed by atoms with Gasteiger partial charge in [-0.1, -0.05) is 24.3 Å². The van der Waals surface area contributed by atoms with Crippen LogP contribution in [0.25, 0.3) is 0 Å². The first-order chi connectivity index (χ1) is 12.0. The Kier molecular flexibility index (Phi) is 5.16. The van der Waals surface area contributed by atoms with E-state index in [0.717, 1.165) is 11.0 Å². The molecule has 2 aliphatic rings. The molecule has 0 aliphatic carbocycles. The summed E-state index contributed by atoms with van der Waals surface area (Å²) in [6.07, 6.45) is -4.29. The molecule has 2 aliphatic heterocycles. The Morgan fingerprint density at radius 2 is 1.65 bits per heavy atom. The van der Waals surface area contributed by atoms with Crippen LogP contribution >= 0.6 is 0 Å². The number of morpholine rings is 1. The maximum absolute atomic E-state index is 13.2. The third kappa shape index (κ3) is 3.93. The second-order valence-corrected chi connectivity index (χ2v) is 7.93. The number of alkyl halides is 3. The maximum Gasteiger partial charge on any atom is 0.494 e. The molecule has 2 fully saturated rings. The Balaban J connectivity index is 1.68. The van der Waals surface area contributed by atoms with Crippen LogP contribution in [0.5, 0.6) is 0 Å². The summed E-state index contributed by atoms with van der Waals surface area (Å²) in [5.74, 6) is 0. The molecule has 3 rings (SSSR count). The number of benzene rings is 1. The van der Waals surface area contributed by atoms with Crippen LogP contribution in [-0.2, 0) is 20.6 Å². The number of ether oxygens (including phenoxy) is 1. The molecule has 144 valence electrons. The van der Waals surface area contributed by atoms with Gasteiger partial charge in [0.2, 0.25) is 0 Å². The zero-order valence-corrected chi connectivity index (χ0v) is 15.6. The minimum atomic E-state index is -4.29. The summed E-state index contributed by atoms with van der Waals surface area (Å²) in [6, 6.07) is 5.84. The molecule has 1 aromatic rings. The van der Waals surface area contributed by atoms with Crippen molar-refractivity contribution >= 4 is 12.6 Å². The van der Waals surface area contributed by atoms with E-state index in [0.29, 0.717) is 6.61 Å². The normalized spacial score (nSPS) is 26.3. The first-order valence-corrected chi connectivity index (χ1v) is 8.83. The highest BCUT2D eigenvalue weighted by Gasteiger charge is 2.51. The Bertz CT molecular complexity index is 618. The molecule has 1 aromatic carbocycles. The maximum atomic E-state index is 13.2. The molecule has 0 amide bonds. The molecule has 0 radical (unpaired) electrons. The summed E-state index contributed by atoms with van der Waals surface area (Å²) >= 11 is 0. The molecule has 8 heteroatoms. The molecule has 0 N–H and O–H groups in total. The highest BCUT2D eigenvalue weighted by atomic mass is 19.4. The van der Waals surface area contributed by atoms with Gasteiger partial charge in [0.1, 0.15) is 6.04 Å². The predicted octanol–water partition coefficient (Wildman–Crippen LogP) is 2.75. The number of hydrogen-bond acceptors (Lipinski definition) is 4. The average molecular weight is 371 g/mol. The van der Waals surface area contributed by atoms with E-state index in [2.05, 4.69) is 0 Å². The Morgan fingerprint density at radius 1 is 1.08 bits per heavy atom. The van der Waals surface area contributed by atoms with Gasteiger partial charge in [-0.3, -0.25) is 4.90 Å². The molecule has 2 saturated heterocycles. The zero-order valence-electron chi connectivity index (χ0n) is 15.6. The molecular weight excluding hydrogens is 346 g/mol. The monoisotopic (exact) mass is 371 g/mol. The second kappa shape index (κ2) is 6.82. The third-order valence-corrected chi connectivity index (χ3v) is 5.51. The van der Waals surface area contributed by atoms with E-state index in [9.17, 15) is 13.2 Å². The predicted molar refractivity (Wildman–Crippen MR) is 93.2 cm³/mol. The van der Waals surface area contributed by atoms with Crippen LogP contribution < -0.4 is 5.46 Å². The summed E-state index contributed by atoms with van der Waals surface area (Å²) in [6.45, 7) is 8.44. The summed E-state index contributed by atoms with van der Waals surface area (Å²) in [5, 5.41) is 0. The fourth-order valence-corrected chi connectivity index (χ4v) is 3.12. The second-order valence-electron chi connectivity index (χ2n) is 7.93. The van der Waals surface area contributed by atoms with Crippen molar-refractivity contribution in [1.82, 2.24) is 4.90 Å². The third-order valence-electron chi connectivity index (χ3n) is 5.51. The number of nitrogens with zero attached hydrogens (tertiary/aromatic N) is 1. The fraction of sp³-hybridized carbons (Fsp3) is 0.667. The van der Waals surface area contributed by atoms with Crippen molar-refractivity contribution in [2.75, 3.05) is 19.8 Å². The van der Waals surface area contributed by atoms with E-state index in [1.54, 1.807) is 0 Å². The van der Waals surface area contributed by atoms with Gasteiger partial charge in [-0.2, -0.15) is 13.2 Å². The van der Waals surface area contributed by atoms with Crippen LogP contribution in [0.2, 0.25) is 0 Å². The topological polar surface area (TPSA) is 30.9 Å². The van der Waals surface area contributed by atoms with E-state index in [1.807, 2.05) is 52.0 Å². The van der Waals surface area contributed by atoms with E-state index in [-0.39, 0.29) is 19.7 Å². The summed E-state index contributed by atoms with van der Waals surface area (Å²) < 4.78 is 56.5. The van der Waals surface area contributed by atoms with Gasteiger partial charge in [0.05, 0.1) is 24.4 Å². The molecular formula is C18H25BF3NO3. The zero-order chi connectivity index (χ0) is 19.2. The Labute approximate surface area is 152 Å². The number of rotatable bonds is 3. The molecule has 0 bridgehead atoms. The fourth-order valence-electron chi connectivity index (χ4n) is 3.12. The van der Waals surface area contributed by atoms with Crippen molar-refractivity contribution in [3.63, 3.8) is 0 Å². The SMILES string of the molecule is CC1(C)OB(c2ccc(CN3CCOCC3C(F)(F)F)cc2)OC1(C)C. The average Bonchev–Trinajstić information content (AvgIpc) is 2.75. The van der Waals surface area contributed by atoms with Crippen molar-refractivity contribution in [3.05, 3.63) is 29.8 Å². The molecule has 26 heavy (non-hydrogen) atoms. The summed E-state index contributed by atoms with van der Waals surface area (Å²) in [7, 11) is -0.472. The highest BCUT2D eigenvalue weighted by molar-refractivity contribution is 6.62. The Morgan fingerprint density at radius 3 is 2.19 bits per heavy atom. The van der Waals surface area contributed by atoms with Crippen molar-refractivity contribution in [3.8, 4) is 0 Å². The van der Waals surface area contributed by atoms with Gasteiger partial charge in [-0.05, 0) is 38.7 Å². The van der Waals surface area contributed by atoms with Crippen molar-refractivity contribution < 1.29 is 27.2 Å². The van der Waals surface area contributed by atoms with Crippen LogP contribution in [0.4, 0.5) is 13.2 Å². The summed E-state index contributed by atoms with van der Waals surface area (Å²) in [5.41, 5.74) is 0.830. The van der Waals surface area contributed by atoms with Crippen LogP contribution in [0.3, 0.4) is 0 Å². The molecule has 0 spiro atoms. The van der Waals surface area contributed by atoms with E-state index in [4.69, 9.17) is 14.0 Å². The van der Waals surface area contributed by atoms with Crippen LogP contribution in [0.15, 0.2) is 24.3 Å².